The number of ether oxygens (including phenoxy) is 1. The Morgan fingerprint density at radius 3 is 2.79 bits per heavy atom. The Balaban J connectivity index is 2.13. The second kappa shape index (κ2) is 6.53. The fourth-order valence-electron chi connectivity index (χ4n) is 1.79. The van der Waals surface area contributed by atoms with Crippen LogP contribution in [0.25, 0.3) is 0 Å². The minimum atomic E-state index is 0.345. The highest BCUT2D eigenvalue weighted by Gasteiger charge is 2.05. The lowest BCUT2D eigenvalue weighted by molar-refractivity contribution is 0.301. The minimum Gasteiger partial charge on any atom is -0.488 e. The van der Waals surface area contributed by atoms with Gasteiger partial charge in [0, 0.05) is 23.9 Å². The number of hydrogen-bond donors (Lipinski definition) is 1. The molecule has 0 fully saturated rings. The molecule has 4 heteroatoms. The number of benzene rings is 1. The molecule has 2 aromatic rings. The molecule has 0 atom stereocenters. The van der Waals surface area contributed by atoms with Gasteiger partial charge in [0.2, 0.25) is 0 Å². The molecule has 1 aromatic carbocycles. The molecule has 0 spiro atoms. The van der Waals surface area contributed by atoms with E-state index in [0.29, 0.717) is 12.3 Å². The van der Waals surface area contributed by atoms with Crippen LogP contribution in [0.15, 0.2) is 42.6 Å². The van der Waals surface area contributed by atoms with Crippen LogP contribution in [-0.2, 0) is 13.2 Å². The number of nitrogens with zero attached hydrogens (tertiary/aromatic N) is 2. The molecule has 96 valence electrons. The van der Waals surface area contributed by atoms with E-state index < -0.39 is 0 Å². The summed E-state index contributed by atoms with van der Waals surface area (Å²) in [6, 6.07) is 13.6. The van der Waals surface area contributed by atoms with Crippen LogP contribution in [0.3, 0.4) is 0 Å². The van der Waals surface area contributed by atoms with Crippen LogP contribution in [-0.4, -0.2) is 12.0 Å². The summed E-state index contributed by atoms with van der Waals surface area (Å²) in [4.78, 5) is 4.01. The minimum absolute atomic E-state index is 0.345. The second-order valence-corrected chi connectivity index (χ2v) is 4.05. The van der Waals surface area contributed by atoms with Gasteiger partial charge in [-0.2, -0.15) is 5.26 Å². The summed E-state index contributed by atoms with van der Waals surface area (Å²) >= 11 is 0. The summed E-state index contributed by atoms with van der Waals surface area (Å²) < 4.78 is 5.79. The van der Waals surface area contributed by atoms with Crippen LogP contribution in [0.5, 0.6) is 5.75 Å². The van der Waals surface area contributed by atoms with Crippen molar-refractivity contribution in [2.45, 2.75) is 13.2 Å². The lowest BCUT2D eigenvalue weighted by Crippen LogP contribution is -2.08. The average Bonchev–Trinajstić information content (AvgIpc) is 2.47. The molecule has 19 heavy (non-hydrogen) atoms. The maximum atomic E-state index is 8.98. The van der Waals surface area contributed by atoms with Crippen LogP contribution >= 0.6 is 0 Å². The van der Waals surface area contributed by atoms with Crippen LogP contribution in [0.2, 0.25) is 0 Å². The molecule has 0 saturated heterocycles. The number of nitriles is 1. The number of pyridine rings is 1. The van der Waals surface area contributed by atoms with Crippen molar-refractivity contribution in [3.63, 3.8) is 0 Å². The third kappa shape index (κ3) is 3.30. The van der Waals surface area contributed by atoms with Crippen LogP contribution in [0, 0.1) is 11.3 Å². The molecule has 0 unspecified atom stereocenters. The molecule has 1 aromatic heterocycles. The van der Waals surface area contributed by atoms with Gasteiger partial charge >= 0.3 is 0 Å². The molecule has 0 aliphatic heterocycles. The van der Waals surface area contributed by atoms with Crippen molar-refractivity contribution in [1.29, 1.82) is 5.26 Å². The summed E-state index contributed by atoms with van der Waals surface area (Å²) in [6.45, 7) is 1.09. The van der Waals surface area contributed by atoms with Crippen molar-refractivity contribution in [3.8, 4) is 11.8 Å². The van der Waals surface area contributed by atoms with E-state index in [-0.39, 0.29) is 0 Å². The first-order valence-corrected chi connectivity index (χ1v) is 6.04. The zero-order valence-electron chi connectivity index (χ0n) is 10.8. The zero-order valence-corrected chi connectivity index (χ0v) is 10.8. The molecule has 1 heterocycles. The monoisotopic (exact) mass is 253 g/mol. The van der Waals surface area contributed by atoms with Gasteiger partial charge in [-0.25, -0.2) is 4.98 Å². The Labute approximate surface area is 112 Å². The van der Waals surface area contributed by atoms with Crippen molar-refractivity contribution in [2.24, 2.45) is 0 Å². The first-order valence-electron chi connectivity index (χ1n) is 6.04. The number of aromatic nitrogens is 1. The van der Waals surface area contributed by atoms with Crippen LogP contribution in [0.4, 0.5) is 0 Å². The van der Waals surface area contributed by atoms with Crippen molar-refractivity contribution in [3.05, 3.63) is 59.4 Å². The van der Waals surface area contributed by atoms with Gasteiger partial charge in [-0.3, -0.25) is 0 Å². The Morgan fingerprint density at radius 2 is 2.00 bits per heavy atom. The molecule has 0 radical (unpaired) electrons. The maximum Gasteiger partial charge on any atom is 0.147 e. The lowest BCUT2D eigenvalue weighted by atomic mass is 10.2. The van der Waals surface area contributed by atoms with Crippen molar-refractivity contribution < 1.29 is 4.74 Å². The maximum absolute atomic E-state index is 8.98. The van der Waals surface area contributed by atoms with Gasteiger partial charge in [0.25, 0.3) is 0 Å². The summed E-state index contributed by atoms with van der Waals surface area (Å²) in [5.41, 5.74) is 2.30. The molecular formula is C15H15N3O. The SMILES string of the molecule is CNCc1ccccc1OCc1cccnc1C#N. The molecule has 0 aliphatic rings. The summed E-state index contributed by atoms with van der Waals surface area (Å²) in [5.74, 6) is 0.824. The number of para-hydroxylation sites is 1. The first-order chi connectivity index (χ1) is 9.35. The quantitative estimate of drug-likeness (QED) is 0.888. The normalized spacial score (nSPS) is 9.89. The summed E-state index contributed by atoms with van der Waals surface area (Å²) in [7, 11) is 1.89. The molecule has 0 saturated carbocycles. The largest absolute Gasteiger partial charge is 0.488 e. The zero-order chi connectivity index (χ0) is 13.5. The smallest absolute Gasteiger partial charge is 0.147 e. The Hall–Kier alpha value is -2.38. The van der Waals surface area contributed by atoms with Gasteiger partial charge in [-0.15, -0.1) is 0 Å². The summed E-state index contributed by atoms with van der Waals surface area (Å²) in [5, 5.41) is 12.1. The van der Waals surface area contributed by atoms with E-state index in [1.807, 2.05) is 37.4 Å². The number of rotatable bonds is 5. The number of nitrogens with one attached hydrogen (secondary N) is 1. The average molecular weight is 253 g/mol. The molecule has 0 amide bonds. The van der Waals surface area contributed by atoms with Crippen molar-refractivity contribution in [2.75, 3.05) is 7.05 Å². The Morgan fingerprint density at radius 1 is 1.21 bits per heavy atom. The van der Waals surface area contributed by atoms with Gasteiger partial charge < -0.3 is 10.1 Å². The highest BCUT2D eigenvalue weighted by molar-refractivity contribution is 5.35. The van der Waals surface area contributed by atoms with E-state index in [2.05, 4.69) is 16.4 Å². The van der Waals surface area contributed by atoms with E-state index in [0.717, 1.165) is 23.4 Å². The van der Waals surface area contributed by atoms with Gasteiger partial charge in [0.05, 0.1) is 0 Å². The molecular weight excluding hydrogens is 238 g/mol. The first kappa shape index (κ1) is 13.1. The molecule has 0 aliphatic carbocycles. The van der Waals surface area contributed by atoms with Gasteiger partial charge in [-0.05, 0) is 19.2 Å². The van der Waals surface area contributed by atoms with E-state index in [9.17, 15) is 0 Å². The van der Waals surface area contributed by atoms with Crippen LogP contribution < -0.4 is 10.1 Å². The van der Waals surface area contributed by atoms with Gasteiger partial charge in [0.15, 0.2) is 0 Å². The number of hydrogen-bond acceptors (Lipinski definition) is 4. The molecule has 0 bridgehead atoms. The third-order valence-electron chi connectivity index (χ3n) is 2.72. The van der Waals surface area contributed by atoms with E-state index in [4.69, 9.17) is 10.00 Å². The van der Waals surface area contributed by atoms with Crippen molar-refractivity contribution in [1.82, 2.24) is 10.3 Å². The highest BCUT2D eigenvalue weighted by atomic mass is 16.5. The van der Waals surface area contributed by atoms with E-state index in [1.54, 1.807) is 12.3 Å². The van der Waals surface area contributed by atoms with Crippen LogP contribution in [0.1, 0.15) is 16.8 Å². The lowest BCUT2D eigenvalue weighted by Gasteiger charge is -2.11. The van der Waals surface area contributed by atoms with Crippen molar-refractivity contribution >= 4 is 0 Å². The Kier molecular flexibility index (Phi) is 4.49. The summed E-state index contributed by atoms with van der Waals surface area (Å²) in [6.07, 6.45) is 1.61. The molecule has 1 N–H and O–H groups in total. The molecule has 2 rings (SSSR count). The third-order valence-corrected chi connectivity index (χ3v) is 2.72. The fourth-order valence-corrected chi connectivity index (χ4v) is 1.79. The Bertz CT molecular complexity index is 590. The van der Waals surface area contributed by atoms with E-state index in [1.165, 1.54) is 0 Å². The van der Waals surface area contributed by atoms with Gasteiger partial charge in [-0.1, -0.05) is 24.3 Å². The standard InChI is InChI=1S/C15H15N3O/c1-17-10-12-5-2-3-7-15(12)19-11-13-6-4-8-18-14(13)9-16/h2-8,17H,10-11H2,1H3. The predicted molar refractivity (Wildman–Crippen MR) is 72.5 cm³/mol. The topological polar surface area (TPSA) is 57.9 Å². The second-order valence-electron chi connectivity index (χ2n) is 4.05. The molecule has 4 nitrogen and oxygen atoms in total. The fraction of sp³-hybridized carbons (Fsp3) is 0.200. The highest BCUT2D eigenvalue weighted by Crippen LogP contribution is 2.19. The van der Waals surface area contributed by atoms with Gasteiger partial charge in [0.1, 0.15) is 24.1 Å². The van der Waals surface area contributed by atoms with E-state index >= 15 is 0 Å². The predicted octanol–water partition coefficient (Wildman–Crippen LogP) is 2.25.